The maximum absolute atomic E-state index is 14.3. The topological polar surface area (TPSA) is 171 Å². The van der Waals surface area contributed by atoms with Crippen LogP contribution >= 0.6 is 0 Å². The van der Waals surface area contributed by atoms with Crippen LogP contribution in [0.15, 0.2) is 30.9 Å². The third-order valence-corrected chi connectivity index (χ3v) is 9.35. The van der Waals surface area contributed by atoms with E-state index in [9.17, 15) is 15.4 Å². The number of aliphatic hydroxyl groups excluding tert-OH is 2. The first-order valence-electron chi connectivity index (χ1n) is 14.9. The highest BCUT2D eigenvalue weighted by molar-refractivity contribution is 5.81. The number of nitrogens with one attached hydrogen (secondary N) is 1. The number of nitrogens with zero attached hydrogens (tertiary/aromatic N) is 6. The van der Waals surface area contributed by atoms with Crippen molar-refractivity contribution >= 4 is 28.0 Å². The zero-order valence-corrected chi connectivity index (χ0v) is 24.9. The number of hydroxylamine groups is 3. The Balaban J connectivity index is 1.09. The van der Waals surface area contributed by atoms with Gasteiger partial charge in [0.25, 0.3) is 0 Å². The summed E-state index contributed by atoms with van der Waals surface area (Å²) in [6.45, 7) is 10.5. The summed E-state index contributed by atoms with van der Waals surface area (Å²) < 4.78 is 7.19. The zero-order chi connectivity index (χ0) is 30.0. The van der Waals surface area contributed by atoms with E-state index in [0.717, 1.165) is 42.5 Å². The fourth-order valence-corrected chi connectivity index (χ4v) is 6.51. The van der Waals surface area contributed by atoms with Gasteiger partial charge in [0, 0.05) is 19.3 Å². The van der Waals surface area contributed by atoms with Crippen molar-refractivity contribution < 1.29 is 19.6 Å². The van der Waals surface area contributed by atoms with Gasteiger partial charge >= 0.3 is 0 Å². The minimum atomic E-state index is -1.25. The number of hydrogen-bond donors (Lipinski definition) is 4. The van der Waals surface area contributed by atoms with Gasteiger partial charge in [0.2, 0.25) is 0 Å². The molecule has 0 radical (unpaired) electrons. The standard InChI is InChI=1S/C30H42N8O4/c1-16(2)38(41,13-22-25(39)26(40)29(42-22)37-15-34-24-27(31)32-14-33-28(24)37)19-10-17(11-19)6-9-23-35-20-8-7-18(30(3,4)5)12-21(20)36-23/h7-8,12,14-17,19,22,25-26,29,39-40H,6,9-11,13H2,1-5H3,(H,35,36)(H2,31,32,33)/t17?,19?,22?,25-,26-,29-,38?/m1/s1. The zero-order valence-electron chi connectivity index (χ0n) is 24.9. The van der Waals surface area contributed by atoms with Crippen molar-refractivity contribution in [2.24, 2.45) is 5.92 Å². The monoisotopic (exact) mass is 578 g/mol. The summed E-state index contributed by atoms with van der Waals surface area (Å²) >= 11 is 0. The molecule has 3 aromatic heterocycles. The number of quaternary nitrogens is 1. The molecule has 5 atom stereocenters. The number of hydrogen-bond acceptors (Lipinski definition) is 9. The Morgan fingerprint density at radius 3 is 2.64 bits per heavy atom. The summed E-state index contributed by atoms with van der Waals surface area (Å²) in [5.41, 5.74) is 10.1. The lowest BCUT2D eigenvalue weighted by Crippen LogP contribution is -2.63. The molecular formula is C30H42N8O4. The summed E-state index contributed by atoms with van der Waals surface area (Å²) in [6, 6.07) is 6.11. The van der Waals surface area contributed by atoms with Crippen LogP contribution in [0, 0.1) is 11.1 Å². The number of aryl methyl sites for hydroxylation is 1. The van der Waals surface area contributed by atoms with Crippen LogP contribution in [0.1, 0.15) is 71.5 Å². The number of H-pyrrole nitrogens is 1. The number of anilines is 1. The number of fused-ring (bicyclic) bond motifs is 2. The van der Waals surface area contributed by atoms with Crippen LogP contribution in [0.5, 0.6) is 0 Å². The lowest BCUT2D eigenvalue weighted by Gasteiger charge is -2.58. The van der Waals surface area contributed by atoms with Crippen molar-refractivity contribution in [1.82, 2.24) is 29.5 Å². The Hall–Kier alpha value is -3.16. The number of rotatable bonds is 8. The van der Waals surface area contributed by atoms with Gasteiger partial charge in [0.15, 0.2) is 17.7 Å². The molecule has 226 valence electrons. The van der Waals surface area contributed by atoms with E-state index in [1.807, 2.05) is 13.8 Å². The summed E-state index contributed by atoms with van der Waals surface area (Å²) in [6.07, 6.45) is 1.94. The van der Waals surface area contributed by atoms with Crippen molar-refractivity contribution in [3.05, 3.63) is 47.4 Å². The molecule has 1 aromatic carbocycles. The smallest absolute Gasteiger partial charge is 0.167 e. The molecule has 0 amide bonds. The summed E-state index contributed by atoms with van der Waals surface area (Å²) in [5.74, 6) is 1.63. The van der Waals surface area contributed by atoms with E-state index in [1.54, 1.807) is 0 Å². The second-order valence-corrected chi connectivity index (χ2v) is 13.5. The molecule has 2 unspecified atom stereocenters. The minimum absolute atomic E-state index is 0.0488. The number of imidazole rings is 2. The molecular weight excluding hydrogens is 536 g/mol. The normalized spacial score (nSPS) is 28.0. The van der Waals surface area contributed by atoms with Crippen LogP contribution in [0.25, 0.3) is 22.2 Å². The predicted molar refractivity (Wildman–Crippen MR) is 159 cm³/mol. The SMILES string of the molecule is CC(C)[N+]([O-])(CC1O[C@@H](n2cnc3c(N)ncnc32)[C@H](O)[C@@H]1O)C1CC(CCc2nc3ccc(C(C)(C)C)cc3[nH]2)C1. The van der Waals surface area contributed by atoms with E-state index in [-0.39, 0.29) is 29.9 Å². The highest BCUT2D eigenvalue weighted by Gasteiger charge is 2.50. The fourth-order valence-electron chi connectivity index (χ4n) is 6.51. The average molecular weight is 579 g/mol. The fraction of sp³-hybridized carbons (Fsp3) is 0.600. The Morgan fingerprint density at radius 2 is 1.93 bits per heavy atom. The van der Waals surface area contributed by atoms with Gasteiger partial charge < -0.3 is 35.5 Å². The maximum atomic E-state index is 14.3. The van der Waals surface area contributed by atoms with Gasteiger partial charge in [0.05, 0.1) is 29.4 Å². The Labute approximate surface area is 245 Å². The molecule has 42 heavy (non-hydrogen) atoms. The largest absolute Gasteiger partial charge is 0.632 e. The van der Waals surface area contributed by atoms with Gasteiger partial charge in [-0.15, -0.1) is 0 Å². The van der Waals surface area contributed by atoms with Gasteiger partial charge in [-0.3, -0.25) is 4.57 Å². The first kappa shape index (κ1) is 28.9. The van der Waals surface area contributed by atoms with E-state index < -0.39 is 29.2 Å². The number of aliphatic hydroxyl groups is 2. The van der Waals surface area contributed by atoms with Crippen molar-refractivity contribution in [3.63, 3.8) is 0 Å². The molecule has 1 aliphatic heterocycles. The molecule has 0 bridgehead atoms. The van der Waals surface area contributed by atoms with E-state index in [0.29, 0.717) is 17.1 Å². The Bertz CT molecular complexity index is 1570. The molecule has 2 fully saturated rings. The van der Waals surface area contributed by atoms with Gasteiger partial charge in [-0.05, 0) is 49.3 Å². The van der Waals surface area contributed by atoms with E-state index in [4.69, 9.17) is 15.5 Å². The van der Waals surface area contributed by atoms with E-state index in [2.05, 4.69) is 58.9 Å². The number of nitrogen functional groups attached to an aromatic ring is 1. The number of ether oxygens (including phenoxy) is 1. The highest BCUT2D eigenvalue weighted by atomic mass is 16.6. The molecule has 5 N–H and O–H groups in total. The maximum Gasteiger partial charge on any atom is 0.167 e. The van der Waals surface area contributed by atoms with E-state index >= 15 is 0 Å². The molecule has 12 heteroatoms. The highest BCUT2D eigenvalue weighted by Crippen LogP contribution is 2.42. The molecule has 4 aromatic rings. The van der Waals surface area contributed by atoms with Gasteiger partial charge in [-0.25, -0.2) is 19.9 Å². The van der Waals surface area contributed by atoms with E-state index in [1.165, 1.54) is 22.8 Å². The number of aromatic nitrogens is 6. The lowest BCUT2D eigenvalue weighted by molar-refractivity contribution is -0.935. The lowest BCUT2D eigenvalue weighted by atomic mass is 9.75. The number of aromatic amines is 1. The van der Waals surface area contributed by atoms with Crippen LogP contribution in [-0.4, -0.2) is 81.3 Å². The molecule has 1 saturated heterocycles. The van der Waals surface area contributed by atoms with Crippen LogP contribution in [0.4, 0.5) is 5.82 Å². The van der Waals surface area contributed by atoms with Crippen LogP contribution in [0.2, 0.25) is 0 Å². The first-order chi connectivity index (χ1) is 19.8. The molecule has 2 aliphatic rings. The second-order valence-electron chi connectivity index (χ2n) is 13.5. The average Bonchev–Trinajstić information content (AvgIpc) is 3.59. The number of benzene rings is 1. The summed E-state index contributed by atoms with van der Waals surface area (Å²) in [7, 11) is 0. The van der Waals surface area contributed by atoms with Crippen molar-refractivity contribution in [3.8, 4) is 0 Å². The van der Waals surface area contributed by atoms with Crippen molar-refractivity contribution in [1.29, 1.82) is 0 Å². The van der Waals surface area contributed by atoms with Gasteiger partial charge in [-0.1, -0.05) is 26.8 Å². The molecule has 4 heterocycles. The Kier molecular flexibility index (Phi) is 7.25. The third-order valence-electron chi connectivity index (χ3n) is 9.35. The van der Waals surface area contributed by atoms with Crippen molar-refractivity contribution in [2.45, 2.75) is 102 Å². The molecule has 12 nitrogen and oxygen atoms in total. The third kappa shape index (κ3) is 5.05. The molecule has 1 saturated carbocycles. The first-order valence-corrected chi connectivity index (χ1v) is 14.9. The van der Waals surface area contributed by atoms with Crippen LogP contribution in [0.3, 0.4) is 0 Å². The predicted octanol–water partition coefficient (Wildman–Crippen LogP) is 3.34. The van der Waals surface area contributed by atoms with Gasteiger partial charge in [0.1, 0.15) is 42.5 Å². The summed E-state index contributed by atoms with van der Waals surface area (Å²) in [4.78, 5) is 20.7. The quantitative estimate of drug-likeness (QED) is 0.181. The molecule has 6 rings (SSSR count). The second kappa shape index (κ2) is 10.5. The van der Waals surface area contributed by atoms with Crippen molar-refractivity contribution in [2.75, 3.05) is 12.3 Å². The molecule has 1 aliphatic carbocycles. The van der Waals surface area contributed by atoms with Crippen LogP contribution < -0.4 is 5.73 Å². The minimum Gasteiger partial charge on any atom is -0.632 e. The Morgan fingerprint density at radius 1 is 1.17 bits per heavy atom. The number of nitrogens with two attached hydrogens (primary N) is 1. The molecule has 0 spiro atoms. The van der Waals surface area contributed by atoms with Crippen LogP contribution in [-0.2, 0) is 16.6 Å². The summed E-state index contributed by atoms with van der Waals surface area (Å²) in [5, 5.41) is 36.1. The van der Waals surface area contributed by atoms with Gasteiger partial charge in [-0.2, -0.15) is 0 Å².